The summed E-state index contributed by atoms with van der Waals surface area (Å²) in [6.07, 6.45) is 5.28. The molecule has 3 rings (SSSR count). The maximum Gasteiger partial charge on any atom is 0.253 e. The minimum Gasteiger partial charge on any atom is -0.376 e. The topological polar surface area (TPSA) is 70.2 Å². The number of carbonyl (C=O) groups excluding carboxylic acids is 2. The molecule has 142 valence electrons. The largest absolute Gasteiger partial charge is 0.376 e. The summed E-state index contributed by atoms with van der Waals surface area (Å²) in [4.78, 5) is 24.6. The lowest BCUT2D eigenvalue weighted by atomic mass is 10.1. The van der Waals surface area contributed by atoms with Crippen LogP contribution < -0.4 is 16.0 Å². The molecule has 5 nitrogen and oxygen atoms in total. The first-order valence-corrected chi connectivity index (χ1v) is 9.67. The molecular weight excluding hydrogens is 338 g/mol. The molecule has 27 heavy (non-hydrogen) atoms. The number of anilines is 1. The van der Waals surface area contributed by atoms with Gasteiger partial charge in [-0.25, -0.2) is 0 Å². The average Bonchev–Trinajstić information content (AvgIpc) is 3.20. The normalized spacial score (nSPS) is 13.9. The second kappa shape index (κ2) is 9.76. The maximum absolute atomic E-state index is 12.5. The minimum atomic E-state index is -0.134. The summed E-state index contributed by atoms with van der Waals surface area (Å²) in [5.41, 5.74) is 2.42. The van der Waals surface area contributed by atoms with Crippen LogP contribution >= 0.6 is 0 Å². The molecule has 0 heterocycles. The van der Waals surface area contributed by atoms with Crippen LogP contribution in [0.3, 0.4) is 0 Å². The zero-order valence-electron chi connectivity index (χ0n) is 15.5. The molecular formula is C22H27N3O2. The third-order valence-corrected chi connectivity index (χ3v) is 4.87. The van der Waals surface area contributed by atoms with Gasteiger partial charge in [0.15, 0.2) is 0 Å². The van der Waals surface area contributed by atoms with Gasteiger partial charge in [0.2, 0.25) is 5.91 Å². The number of hydrogen-bond donors (Lipinski definition) is 3. The van der Waals surface area contributed by atoms with Crippen molar-refractivity contribution in [3.05, 3.63) is 65.7 Å². The number of carbonyl (C=O) groups is 2. The molecule has 1 saturated carbocycles. The highest BCUT2D eigenvalue weighted by Gasteiger charge is 2.17. The van der Waals surface area contributed by atoms with Gasteiger partial charge in [-0.2, -0.15) is 0 Å². The summed E-state index contributed by atoms with van der Waals surface area (Å²) >= 11 is 0. The molecule has 2 amide bonds. The third kappa shape index (κ3) is 5.84. The number of benzene rings is 2. The molecule has 0 unspecified atom stereocenters. The highest BCUT2D eigenvalue weighted by molar-refractivity contribution is 6.00. The van der Waals surface area contributed by atoms with E-state index in [1.54, 1.807) is 6.07 Å². The van der Waals surface area contributed by atoms with E-state index in [0.29, 0.717) is 23.8 Å². The fourth-order valence-electron chi connectivity index (χ4n) is 3.42. The summed E-state index contributed by atoms with van der Waals surface area (Å²) in [7, 11) is 0. The van der Waals surface area contributed by atoms with E-state index in [1.165, 1.54) is 18.4 Å². The van der Waals surface area contributed by atoms with Gasteiger partial charge in [-0.3, -0.25) is 9.59 Å². The van der Waals surface area contributed by atoms with Crippen molar-refractivity contribution in [3.63, 3.8) is 0 Å². The summed E-state index contributed by atoms with van der Waals surface area (Å²) in [6.45, 7) is 0.740. The van der Waals surface area contributed by atoms with Crippen molar-refractivity contribution in [3.8, 4) is 0 Å². The van der Waals surface area contributed by atoms with Gasteiger partial charge in [-0.1, -0.05) is 55.3 Å². The number of hydrogen-bond acceptors (Lipinski definition) is 3. The third-order valence-electron chi connectivity index (χ3n) is 4.87. The number of para-hydroxylation sites is 1. The van der Waals surface area contributed by atoms with Gasteiger partial charge in [0.05, 0.1) is 12.1 Å². The van der Waals surface area contributed by atoms with Gasteiger partial charge in [0.1, 0.15) is 0 Å². The summed E-state index contributed by atoms with van der Waals surface area (Å²) in [5, 5.41) is 9.11. The molecule has 1 aliphatic rings. The Labute approximate surface area is 160 Å². The van der Waals surface area contributed by atoms with Gasteiger partial charge in [-0.05, 0) is 37.0 Å². The first-order valence-electron chi connectivity index (χ1n) is 9.67. The van der Waals surface area contributed by atoms with Gasteiger partial charge in [0.25, 0.3) is 5.91 Å². The van der Waals surface area contributed by atoms with Crippen molar-refractivity contribution in [2.24, 2.45) is 0 Å². The van der Waals surface area contributed by atoms with Crippen LogP contribution in [0, 0.1) is 0 Å². The SMILES string of the molecule is O=C(CNc1ccccc1C(=O)NCCc1ccccc1)NC1CCCC1. The number of nitrogens with one attached hydrogen (secondary N) is 3. The van der Waals surface area contributed by atoms with E-state index in [0.717, 1.165) is 19.3 Å². The number of rotatable bonds is 8. The molecule has 0 aromatic heterocycles. The second-order valence-corrected chi connectivity index (χ2v) is 6.94. The molecule has 0 aliphatic heterocycles. The van der Waals surface area contributed by atoms with E-state index < -0.39 is 0 Å². The average molecular weight is 365 g/mol. The molecule has 0 spiro atoms. The van der Waals surface area contributed by atoms with E-state index in [4.69, 9.17) is 0 Å². The molecule has 0 bridgehead atoms. The van der Waals surface area contributed by atoms with Crippen LogP contribution in [0.15, 0.2) is 54.6 Å². The molecule has 3 N–H and O–H groups in total. The lowest BCUT2D eigenvalue weighted by Gasteiger charge is -2.15. The maximum atomic E-state index is 12.5. The van der Waals surface area contributed by atoms with E-state index >= 15 is 0 Å². The predicted octanol–water partition coefficient (Wildman–Crippen LogP) is 3.13. The molecule has 0 atom stereocenters. The Balaban J connectivity index is 1.50. The van der Waals surface area contributed by atoms with Crippen LogP contribution in [0.25, 0.3) is 0 Å². The van der Waals surface area contributed by atoms with Crippen LogP contribution in [-0.2, 0) is 11.2 Å². The first-order chi connectivity index (χ1) is 13.2. The molecule has 0 radical (unpaired) electrons. The Morgan fingerprint density at radius 1 is 0.926 bits per heavy atom. The lowest BCUT2D eigenvalue weighted by Crippen LogP contribution is -2.37. The van der Waals surface area contributed by atoms with Crippen molar-refractivity contribution < 1.29 is 9.59 Å². The van der Waals surface area contributed by atoms with Crippen LogP contribution in [-0.4, -0.2) is 30.9 Å². The number of amides is 2. The van der Waals surface area contributed by atoms with Crippen LogP contribution in [0.4, 0.5) is 5.69 Å². The Kier molecular flexibility index (Phi) is 6.85. The molecule has 1 fully saturated rings. The fraction of sp³-hybridized carbons (Fsp3) is 0.364. The van der Waals surface area contributed by atoms with Crippen LogP contribution in [0.5, 0.6) is 0 Å². The van der Waals surface area contributed by atoms with E-state index in [-0.39, 0.29) is 18.4 Å². The van der Waals surface area contributed by atoms with Crippen LogP contribution in [0.2, 0.25) is 0 Å². The van der Waals surface area contributed by atoms with E-state index in [1.807, 2.05) is 48.5 Å². The zero-order chi connectivity index (χ0) is 18.9. The highest BCUT2D eigenvalue weighted by atomic mass is 16.2. The molecule has 0 saturated heterocycles. The fourth-order valence-corrected chi connectivity index (χ4v) is 3.42. The summed E-state index contributed by atoms with van der Waals surface area (Å²) in [5.74, 6) is -0.161. The van der Waals surface area contributed by atoms with Gasteiger partial charge >= 0.3 is 0 Å². The van der Waals surface area contributed by atoms with Crippen molar-refractivity contribution in [1.29, 1.82) is 0 Å². The Morgan fingerprint density at radius 2 is 1.63 bits per heavy atom. The van der Waals surface area contributed by atoms with E-state index in [9.17, 15) is 9.59 Å². The van der Waals surface area contributed by atoms with Crippen LogP contribution in [0.1, 0.15) is 41.6 Å². The van der Waals surface area contributed by atoms with Crippen molar-refractivity contribution in [1.82, 2.24) is 10.6 Å². The van der Waals surface area contributed by atoms with Gasteiger partial charge in [0, 0.05) is 18.3 Å². The standard InChI is InChI=1S/C22H27N3O2/c26-21(25-18-10-4-5-11-18)16-24-20-13-7-6-12-19(20)22(27)23-15-14-17-8-2-1-3-9-17/h1-3,6-9,12-13,18,24H,4-5,10-11,14-16H2,(H,23,27)(H,25,26). The molecule has 1 aliphatic carbocycles. The zero-order valence-corrected chi connectivity index (χ0v) is 15.5. The monoisotopic (exact) mass is 365 g/mol. The van der Waals surface area contributed by atoms with E-state index in [2.05, 4.69) is 16.0 Å². The smallest absolute Gasteiger partial charge is 0.253 e. The summed E-state index contributed by atoms with van der Waals surface area (Å²) in [6, 6.07) is 17.6. The predicted molar refractivity (Wildman–Crippen MR) is 108 cm³/mol. The van der Waals surface area contributed by atoms with Crippen molar-refractivity contribution >= 4 is 17.5 Å². The Morgan fingerprint density at radius 3 is 2.41 bits per heavy atom. The summed E-state index contributed by atoms with van der Waals surface area (Å²) < 4.78 is 0. The molecule has 2 aromatic rings. The highest BCUT2D eigenvalue weighted by Crippen LogP contribution is 2.18. The molecule has 2 aromatic carbocycles. The molecule has 5 heteroatoms. The quantitative estimate of drug-likeness (QED) is 0.673. The van der Waals surface area contributed by atoms with Gasteiger partial charge < -0.3 is 16.0 Å². The Bertz CT molecular complexity index is 755. The van der Waals surface area contributed by atoms with Crippen molar-refractivity contribution in [2.45, 2.75) is 38.1 Å². The second-order valence-electron chi connectivity index (χ2n) is 6.94. The van der Waals surface area contributed by atoms with Crippen molar-refractivity contribution in [2.75, 3.05) is 18.4 Å². The Hall–Kier alpha value is -2.82. The lowest BCUT2D eigenvalue weighted by molar-refractivity contribution is -0.120. The minimum absolute atomic E-state index is 0.0267. The first kappa shape index (κ1) is 19.0. The van der Waals surface area contributed by atoms with Gasteiger partial charge in [-0.15, -0.1) is 0 Å².